The van der Waals surface area contributed by atoms with Crippen molar-refractivity contribution < 1.29 is 35.9 Å². The lowest BCUT2D eigenvalue weighted by Gasteiger charge is -2.27. The van der Waals surface area contributed by atoms with Gasteiger partial charge in [-0.05, 0) is 43.2 Å². The van der Waals surface area contributed by atoms with E-state index in [1.807, 2.05) is 0 Å². The molecule has 36 heavy (non-hydrogen) atoms. The zero-order valence-corrected chi connectivity index (χ0v) is 21.1. The van der Waals surface area contributed by atoms with Gasteiger partial charge in [-0.15, -0.1) is 0 Å². The van der Waals surface area contributed by atoms with Gasteiger partial charge in [-0.25, -0.2) is 8.42 Å². The third kappa shape index (κ3) is 6.83. The summed E-state index contributed by atoms with van der Waals surface area (Å²) in [7, 11) is -1.73. The Bertz CT molecular complexity index is 1150. The van der Waals surface area contributed by atoms with Gasteiger partial charge >= 0.3 is 6.18 Å². The standard InChI is InChI=1S/C25H31F3N2O5S/c1-34-22-14-13-21(16-23(22)35-2)36(32,33)30(20-12-8-9-18(15-20)25(26,27)28)17-24(31)29-19-10-6-4-3-5-7-11-19/h8-9,12-16,19H,3-7,10-11,17H2,1-2H3,(H,29,31). The fourth-order valence-corrected chi connectivity index (χ4v) is 5.69. The molecule has 1 aliphatic rings. The number of anilines is 1. The first-order valence-electron chi connectivity index (χ1n) is 11.8. The van der Waals surface area contributed by atoms with E-state index in [4.69, 9.17) is 9.47 Å². The number of alkyl halides is 3. The maximum Gasteiger partial charge on any atom is 0.416 e. The lowest BCUT2D eigenvalue weighted by Crippen LogP contribution is -2.44. The first-order valence-corrected chi connectivity index (χ1v) is 13.2. The smallest absolute Gasteiger partial charge is 0.416 e. The van der Waals surface area contributed by atoms with E-state index in [1.165, 1.54) is 38.5 Å². The molecule has 0 radical (unpaired) electrons. The Morgan fingerprint density at radius 3 is 2.22 bits per heavy atom. The number of sulfonamides is 1. The normalized spacial score (nSPS) is 15.5. The van der Waals surface area contributed by atoms with E-state index in [1.54, 1.807) is 0 Å². The lowest BCUT2D eigenvalue weighted by molar-refractivity contribution is -0.137. The summed E-state index contributed by atoms with van der Waals surface area (Å²) < 4.78 is 78.5. The first-order chi connectivity index (χ1) is 17.1. The van der Waals surface area contributed by atoms with Gasteiger partial charge in [-0.1, -0.05) is 38.2 Å². The summed E-state index contributed by atoms with van der Waals surface area (Å²) in [6, 6.07) is 7.65. The number of halogens is 3. The van der Waals surface area contributed by atoms with Crippen molar-refractivity contribution in [3.8, 4) is 11.5 Å². The van der Waals surface area contributed by atoms with Crippen molar-refractivity contribution in [3.05, 3.63) is 48.0 Å². The molecule has 0 spiro atoms. The third-order valence-corrected chi connectivity index (χ3v) is 7.93. The zero-order valence-electron chi connectivity index (χ0n) is 20.3. The summed E-state index contributed by atoms with van der Waals surface area (Å²) >= 11 is 0. The van der Waals surface area contributed by atoms with Crippen molar-refractivity contribution in [1.29, 1.82) is 0 Å². The monoisotopic (exact) mass is 528 g/mol. The van der Waals surface area contributed by atoms with Gasteiger partial charge in [0.2, 0.25) is 5.91 Å². The second-order valence-corrected chi connectivity index (χ2v) is 10.5. The van der Waals surface area contributed by atoms with Gasteiger partial charge in [-0.3, -0.25) is 9.10 Å². The number of ether oxygens (including phenoxy) is 2. The highest BCUT2D eigenvalue weighted by atomic mass is 32.2. The Balaban J connectivity index is 1.98. The van der Waals surface area contributed by atoms with E-state index < -0.39 is 34.2 Å². The van der Waals surface area contributed by atoms with Gasteiger partial charge in [0.1, 0.15) is 6.54 Å². The van der Waals surface area contributed by atoms with E-state index in [-0.39, 0.29) is 28.1 Å². The number of hydrogen-bond acceptors (Lipinski definition) is 5. The van der Waals surface area contributed by atoms with Crippen molar-refractivity contribution in [2.75, 3.05) is 25.1 Å². The quantitative estimate of drug-likeness (QED) is 0.513. The maximum absolute atomic E-state index is 13.7. The number of carbonyl (C=O) groups excluding carboxylic acids is 1. The molecule has 1 fully saturated rings. The molecule has 0 unspecified atom stereocenters. The topological polar surface area (TPSA) is 84.9 Å². The Morgan fingerprint density at radius 2 is 1.61 bits per heavy atom. The highest BCUT2D eigenvalue weighted by Crippen LogP contribution is 2.35. The van der Waals surface area contributed by atoms with Gasteiger partial charge in [0.05, 0.1) is 30.4 Å². The number of hydrogen-bond donors (Lipinski definition) is 1. The Morgan fingerprint density at radius 1 is 0.972 bits per heavy atom. The van der Waals surface area contributed by atoms with Crippen molar-refractivity contribution in [3.63, 3.8) is 0 Å². The summed E-state index contributed by atoms with van der Waals surface area (Å²) in [5, 5.41) is 2.88. The molecular formula is C25H31F3N2O5S. The Kier molecular flexibility index (Phi) is 9.10. The van der Waals surface area contributed by atoms with Crippen LogP contribution in [0.2, 0.25) is 0 Å². The number of benzene rings is 2. The summed E-state index contributed by atoms with van der Waals surface area (Å²) in [5.74, 6) is -0.173. The Labute approximate surface area is 209 Å². The number of nitrogens with zero attached hydrogens (tertiary/aromatic N) is 1. The molecule has 0 heterocycles. The lowest BCUT2D eigenvalue weighted by atomic mass is 9.97. The fourth-order valence-electron chi connectivity index (χ4n) is 4.26. The molecule has 0 saturated heterocycles. The molecule has 2 aromatic carbocycles. The molecule has 1 N–H and O–H groups in total. The van der Waals surface area contributed by atoms with Gasteiger partial charge in [0.15, 0.2) is 11.5 Å². The zero-order chi connectivity index (χ0) is 26.3. The van der Waals surface area contributed by atoms with E-state index in [0.29, 0.717) is 4.31 Å². The number of amides is 1. The van der Waals surface area contributed by atoms with E-state index >= 15 is 0 Å². The first kappa shape index (κ1) is 27.6. The Hall–Kier alpha value is -2.95. The van der Waals surface area contributed by atoms with Gasteiger partial charge < -0.3 is 14.8 Å². The molecule has 3 rings (SSSR count). The number of methoxy groups -OCH3 is 2. The third-order valence-electron chi connectivity index (χ3n) is 6.16. The largest absolute Gasteiger partial charge is 0.493 e. The SMILES string of the molecule is COc1ccc(S(=O)(=O)N(CC(=O)NC2CCCCCCC2)c2cccc(C(F)(F)F)c2)cc1OC. The minimum absolute atomic E-state index is 0.107. The molecule has 11 heteroatoms. The highest BCUT2D eigenvalue weighted by Gasteiger charge is 2.34. The number of nitrogens with one attached hydrogen (secondary N) is 1. The van der Waals surface area contributed by atoms with E-state index in [2.05, 4.69) is 5.32 Å². The predicted octanol–water partition coefficient (Wildman–Crippen LogP) is 5.15. The number of carbonyl (C=O) groups is 1. The van der Waals surface area contributed by atoms with Gasteiger partial charge in [-0.2, -0.15) is 13.2 Å². The van der Waals surface area contributed by atoms with Crippen molar-refractivity contribution >= 4 is 21.6 Å². The molecule has 2 aromatic rings. The maximum atomic E-state index is 13.7. The van der Waals surface area contributed by atoms with Crippen molar-refractivity contribution in [2.24, 2.45) is 0 Å². The summed E-state index contributed by atoms with van der Waals surface area (Å²) in [6.45, 7) is -0.672. The molecular weight excluding hydrogens is 497 g/mol. The minimum atomic E-state index is -4.68. The van der Waals surface area contributed by atoms with E-state index in [0.717, 1.165) is 63.1 Å². The average molecular weight is 529 g/mol. The van der Waals surface area contributed by atoms with Crippen LogP contribution >= 0.6 is 0 Å². The molecule has 0 atom stereocenters. The van der Waals surface area contributed by atoms with Crippen LogP contribution in [0.1, 0.15) is 50.5 Å². The average Bonchev–Trinajstić information content (AvgIpc) is 2.83. The van der Waals surface area contributed by atoms with Crippen LogP contribution in [0.25, 0.3) is 0 Å². The van der Waals surface area contributed by atoms with Crippen LogP contribution in [0.3, 0.4) is 0 Å². The summed E-state index contributed by atoms with van der Waals surface area (Å²) in [6.07, 6.45) is 2.05. The highest BCUT2D eigenvalue weighted by molar-refractivity contribution is 7.92. The summed E-state index contributed by atoms with van der Waals surface area (Å²) in [5.41, 5.74) is -1.29. The molecule has 1 amide bonds. The molecule has 0 bridgehead atoms. The van der Waals surface area contributed by atoms with Crippen LogP contribution in [0, 0.1) is 0 Å². The van der Waals surface area contributed by atoms with Crippen LogP contribution in [-0.2, 0) is 21.0 Å². The molecule has 1 saturated carbocycles. The van der Waals surface area contributed by atoms with Crippen LogP contribution < -0.4 is 19.1 Å². The molecule has 0 aliphatic heterocycles. The summed E-state index contributed by atoms with van der Waals surface area (Å²) in [4.78, 5) is 12.7. The predicted molar refractivity (Wildman–Crippen MR) is 130 cm³/mol. The van der Waals surface area contributed by atoms with Crippen LogP contribution in [0.5, 0.6) is 11.5 Å². The van der Waals surface area contributed by atoms with Crippen LogP contribution in [0.15, 0.2) is 47.4 Å². The molecule has 198 valence electrons. The second-order valence-electron chi connectivity index (χ2n) is 8.69. The van der Waals surface area contributed by atoms with Gasteiger partial charge in [0, 0.05) is 12.1 Å². The van der Waals surface area contributed by atoms with Crippen molar-refractivity contribution in [1.82, 2.24) is 5.32 Å². The minimum Gasteiger partial charge on any atom is -0.493 e. The number of rotatable bonds is 8. The second kappa shape index (κ2) is 11.9. The molecule has 7 nitrogen and oxygen atoms in total. The molecule has 1 aliphatic carbocycles. The van der Waals surface area contributed by atoms with Crippen molar-refractivity contribution in [2.45, 2.75) is 62.1 Å². The van der Waals surface area contributed by atoms with Gasteiger partial charge in [0.25, 0.3) is 10.0 Å². The molecule has 0 aromatic heterocycles. The van der Waals surface area contributed by atoms with Crippen LogP contribution in [0.4, 0.5) is 18.9 Å². The van der Waals surface area contributed by atoms with Crippen LogP contribution in [-0.4, -0.2) is 41.1 Å². The fraction of sp³-hybridized carbons (Fsp3) is 0.480. The van der Waals surface area contributed by atoms with E-state index in [9.17, 15) is 26.4 Å².